The van der Waals surface area contributed by atoms with E-state index >= 15 is 0 Å². The zero-order valence-electron chi connectivity index (χ0n) is 14.1. The van der Waals surface area contributed by atoms with E-state index in [1.807, 2.05) is 0 Å². The van der Waals surface area contributed by atoms with Gasteiger partial charge in [-0.05, 0) is 62.2 Å². The minimum absolute atomic E-state index is 0.0249. The van der Waals surface area contributed by atoms with Gasteiger partial charge in [0.1, 0.15) is 0 Å². The average Bonchev–Trinajstić information content (AvgIpc) is 2.50. The summed E-state index contributed by atoms with van der Waals surface area (Å²) in [5, 5.41) is 11.4. The summed E-state index contributed by atoms with van der Waals surface area (Å²) in [7, 11) is 0. The van der Waals surface area contributed by atoms with Crippen LogP contribution in [-0.2, 0) is 0 Å². The van der Waals surface area contributed by atoms with Crippen LogP contribution in [0.1, 0.15) is 85.5 Å². The molecule has 0 aromatic rings. The number of nitrogens with two attached hydrogens (primary N) is 1. The summed E-state index contributed by atoms with van der Waals surface area (Å²) in [6.07, 6.45) is 10.0. The lowest BCUT2D eigenvalue weighted by molar-refractivity contribution is -0.122. The lowest BCUT2D eigenvalue weighted by Gasteiger charge is -2.52. The van der Waals surface area contributed by atoms with Gasteiger partial charge >= 0.3 is 0 Å². The summed E-state index contributed by atoms with van der Waals surface area (Å²) in [4.78, 5) is 0. The molecule has 0 aliphatic heterocycles. The SMILES string of the molecule is CC1(C)CCCC(O)(C2(CN)CCC(C)(C)CC2)CC1. The van der Waals surface area contributed by atoms with Gasteiger partial charge in [0, 0.05) is 12.0 Å². The van der Waals surface area contributed by atoms with Crippen LogP contribution in [0.5, 0.6) is 0 Å². The van der Waals surface area contributed by atoms with E-state index in [-0.39, 0.29) is 5.41 Å². The van der Waals surface area contributed by atoms with Crippen molar-refractivity contribution in [1.29, 1.82) is 0 Å². The third-order valence-corrected chi connectivity index (χ3v) is 6.60. The van der Waals surface area contributed by atoms with Crippen LogP contribution in [0.25, 0.3) is 0 Å². The molecule has 2 heteroatoms. The molecule has 118 valence electrons. The van der Waals surface area contributed by atoms with E-state index < -0.39 is 5.60 Å². The predicted molar refractivity (Wildman–Crippen MR) is 85.6 cm³/mol. The fraction of sp³-hybridized carbons (Fsp3) is 1.00. The Labute approximate surface area is 125 Å². The monoisotopic (exact) mass is 281 g/mol. The van der Waals surface area contributed by atoms with Gasteiger partial charge in [-0.15, -0.1) is 0 Å². The predicted octanol–water partition coefficient (Wildman–Crippen LogP) is 4.25. The first-order valence-electron chi connectivity index (χ1n) is 8.56. The van der Waals surface area contributed by atoms with Crippen LogP contribution >= 0.6 is 0 Å². The standard InChI is InChI=1S/C18H35NO/c1-15(2)6-5-7-18(20,13-10-15)17(14-19)11-8-16(3,4)9-12-17/h20H,5-14,19H2,1-4H3. The van der Waals surface area contributed by atoms with Gasteiger partial charge in [0.25, 0.3) is 0 Å². The van der Waals surface area contributed by atoms with Crippen molar-refractivity contribution in [1.82, 2.24) is 0 Å². The molecule has 2 aliphatic rings. The second-order valence-corrected chi connectivity index (χ2v) is 9.20. The molecule has 2 rings (SSSR count). The van der Waals surface area contributed by atoms with Crippen molar-refractivity contribution < 1.29 is 5.11 Å². The number of hydrogen-bond acceptors (Lipinski definition) is 2. The first-order chi connectivity index (χ1) is 9.14. The summed E-state index contributed by atoms with van der Waals surface area (Å²) in [6.45, 7) is 10.1. The zero-order valence-corrected chi connectivity index (χ0v) is 14.1. The maximum Gasteiger partial charge on any atom is 0.0716 e. The lowest BCUT2D eigenvalue weighted by Crippen LogP contribution is -2.55. The molecule has 20 heavy (non-hydrogen) atoms. The molecule has 0 spiro atoms. The second kappa shape index (κ2) is 5.28. The Kier molecular flexibility index (Phi) is 4.30. The quantitative estimate of drug-likeness (QED) is 0.743. The smallest absolute Gasteiger partial charge is 0.0716 e. The third kappa shape index (κ3) is 3.06. The Morgan fingerprint density at radius 2 is 1.25 bits per heavy atom. The van der Waals surface area contributed by atoms with Gasteiger partial charge in [-0.1, -0.05) is 34.1 Å². The summed E-state index contributed by atoms with van der Waals surface area (Å²) < 4.78 is 0. The van der Waals surface area contributed by atoms with Gasteiger partial charge in [-0.2, -0.15) is 0 Å². The molecule has 0 aromatic heterocycles. The van der Waals surface area contributed by atoms with E-state index in [1.54, 1.807) is 0 Å². The Morgan fingerprint density at radius 1 is 0.750 bits per heavy atom. The number of aliphatic hydroxyl groups is 1. The fourth-order valence-electron chi connectivity index (χ4n) is 4.45. The molecule has 1 atom stereocenters. The van der Waals surface area contributed by atoms with Gasteiger partial charge in [0.2, 0.25) is 0 Å². The van der Waals surface area contributed by atoms with Crippen molar-refractivity contribution >= 4 is 0 Å². The topological polar surface area (TPSA) is 46.2 Å². The van der Waals surface area contributed by atoms with Gasteiger partial charge in [-0.3, -0.25) is 0 Å². The molecule has 0 bridgehead atoms. The molecule has 0 aromatic carbocycles. The minimum Gasteiger partial charge on any atom is -0.389 e. The van der Waals surface area contributed by atoms with E-state index in [4.69, 9.17) is 5.73 Å². The average molecular weight is 281 g/mol. The first kappa shape index (κ1) is 16.3. The molecule has 1 unspecified atom stereocenters. The molecule has 2 fully saturated rings. The maximum absolute atomic E-state index is 11.4. The van der Waals surface area contributed by atoms with Crippen molar-refractivity contribution in [2.45, 2.75) is 91.1 Å². The number of hydrogen-bond donors (Lipinski definition) is 2. The highest BCUT2D eigenvalue weighted by Crippen LogP contribution is 2.55. The van der Waals surface area contributed by atoms with E-state index in [9.17, 15) is 5.11 Å². The molecule has 2 nitrogen and oxygen atoms in total. The largest absolute Gasteiger partial charge is 0.389 e. The van der Waals surface area contributed by atoms with Crippen molar-refractivity contribution in [3.63, 3.8) is 0 Å². The van der Waals surface area contributed by atoms with Crippen LogP contribution in [0, 0.1) is 16.2 Å². The highest BCUT2D eigenvalue weighted by Gasteiger charge is 2.52. The summed E-state index contributed by atoms with van der Waals surface area (Å²) >= 11 is 0. The Bertz CT molecular complexity index is 337. The summed E-state index contributed by atoms with van der Waals surface area (Å²) in [6, 6.07) is 0. The molecular weight excluding hydrogens is 246 g/mol. The molecule has 2 saturated carbocycles. The Hall–Kier alpha value is -0.0800. The van der Waals surface area contributed by atoms with Crippen LogP contribution in [0.2, 0.25) is 0 Å². The van der Waals surface area contributed by atoms with Crippen LogP contribution in [0.4, 0.5) is 0 Å². The Morgan fingerprint density at radius 3 is 1.80 bits per heavy atom. The van der Waals surface area contributed by atoms with Crippen molar-refractivity contribution in [2.24, 2.45) is 22.0 Å². The van der Waals surface area contributed by atoms with Crippen LogP contribution in [0.15, 0.2) is 0 Å². The van der Waals surface area contributed by atoms with Crippen LogP contribution in [-0.4, -0.2) is 17.3 Å². The highest BCUT2D eigenvalue weighted by atomic mass is 16.3. The number of rotatable bonds is 2. The third-order valence-electron chi connectivity index (χ3n) is 6.60. The maximum atomic E-state index is 11.4. The molecule has 0 amide bonds. The van der Waals surface area contributed by atoms with Crippen LogP contribution < -0.4 is 5.73 Å². The van der Waals surface area contributed by atoms with Gasteiger partial charge in [0.15, 0.2) is 0 Å². The molecule has 2 aliphatic carbocycles. The molecular formula is C18H35NO. The van der Waals surface area contributed by atoms with Crippen molar-refractivity contribution in [3.05, 3.63) is 0 Å². The Balaban J connectivity index is 2.18. The van der Waals surface area contributed by atoms with Crippen molar-refractivity contribution in [3.8, 4) is 0 Å². The zero-order chi connectivity index (χ0) is 15.1. The van der Waals surface area contributed by atoms with E-state index in [0.717, 1.165) is 38.5 Å². The molecule has 3 N–H and O–H groups in total. The normalized spacial score (nSPS) is 36.3. The van der Waals surface area contributed by atoms with E-state index in [2.05, 4.69) is 27.7 Å². The molecule has 0 saturated heterocycles. The van der Waals surface area contributed by atoms with Gasteiger partial charge in [-0.25, -0.2) is 0 Å². The van der Waals surface area contributed by atoms with Gasteiger partial charge in [0.05, 0.1) is 5.60 Å². The molecule has 0 radical (unpaired) electrons. The van der Waals surface area contributed by atoms with Crippen LogP contribution in [0.3, 0.4) is 0 Å². The molecule has 0 heterocycles. The summed E-state index contributed by atoms with van der Waals surface area (Å²) in [5.74, 6) is 0. The lowest BCUT2D eigenvalue weighted by atomic mass is 9.56. The second-order valence-electron chi connectivity index (χ2n) is 9.20. The van der Waals surface area contributed by atoms with E-state index in [0.29, 0.717) is 17.4 Å². The van der Waals surface area contributed by atoms with Crippen molar-refractivity contribution in [2.75, 3.05) is 6.54 Å². The minimum atomic E-state index is -0.522. The summed E-state index contributed by atoms with van der Waals surface area (Å²) in [5.41, 5.74) is 6.47. The van der Waals surface area contributed by atoms with Gasteiger partial charge < -0.3 is 10.8 Å². The van der Waals surface area contributed by atoms with E-state index in [1.165, 1.54) is 19.3 Å². The first-order valence-corrected chi connectivity index (χ1v) is 8.56. The fourth-order valence-corrected chi connectivity index (χ4v) is 4.45. The highest BCUT2D eigenvalue weighted by molar-refractivity contribution is 5.04.